The average Bonchev–Trinajstić information content (AvgIpc) is 3.51. The molecule has 3 amide bonds. The first kappa shape index (κ1) is 30.0. The molecule has 5 heterocycles. The minimum absolute atomic E-state index is 0.0767. The van der Waals surface area contributed by atoms with Crippen LogP contribution in [0.5, 0.6) is 0 Å². The molecule has 2 fully saturated rings. The number of likely N-dealkylation sites (N-methyl/N-ethyl adjacent to an activating group) is 1. The molecule has 1 unspecified atom stereocenters. The van der Waals surface area contributed by atoms with E-state index in [0.29, 0.717) is 36.1 Å². The third-order valence-electron chi connectivity index (χ3n) is 9.63. The molecule has 13 heteroatoms. The molecule has 0 saturated carbocycles. The Labute approximate surface area is 271 Å². The van der Waals surface area contributed by atoms with Gasteiger partial charge in [0.1, 0.15) is 5.02 Å². The number of nitrogens with one attached hydrogen (secondary N) is 2. The summed E-state index contributed by atoms with van der Waals surface area (Å²) in [6.07, 6.45) is 4.61. The molecule has 2 aromatic heterocycles. The van der Waals surface area contributed by atoms with Crippen LogP contribution in [0.15, 0.2) is 42.6 Å². The Hall–Kier alpha value is -4.71. The third-order valence-corrected chi connectivity index (χ3v) is 9.90. The summed E-state index contributed by atoms with van der Waals surface area (Å²) in [5.41, 5.74) is 5.49. The van der Waals surface area contributed by atoms with Gasteiger partial charge in [-0.3, -0.25) is 24.4 Å². The second kappa shape index (κ2) is 11.6. The van der Waals surface area contributed by atoms with Crippen molar-refractivity contribution in [3.05, 3.63) is 58.9 Å². The highest BCUT2D eigenvalue weighted by Crippen LogP contribution is 2.36. The van der Waals surface area contributed by atoms with Gasteiger partial charge in [-0.1, -0.05) is 11.6 Å². The van der Waals surface area contributed by atoms with E-state index in [9.17, 15) is 14.4 Å². The molecule has 12 nitrogen and oxygen atoms in total. The van der Waals surface area contributed by atoms with Crippen LogP contribution in [-0.2, 0) is 27.9 Å². The number of amides is 3. The van der Waals surface area contributed by atoms with E-state index in [-0.39, 0.29) is 29.8 Å². The number of aryl methyl sites for hydroxylation is 1. The third kappa shape index (κ3) is 5.30. The number of halogens is 1. The lowest BCUT2D eigenvalue weighted by atomic mass is 9.92. The number of hydrogen-bond donors (Lipinski definition) is 2. The second-order valence-corrected chi connectivity index (χ2v) is 12.9. The monoisotopic (exact) mass is 641 g/mol. The molecule has 4 aromatic rings. The Kier molecular flexibility index (Phi) is 7.54. The number of nitrogens with zero attached hydrogens (tertiary/aromatic N) is 7. The largest absolute Gasteiger partial charge is 0.369 e. The first-order valence-corrected chi connectivity index (χ1v) is 15.9. The Balaban J connectivity index is 1.05. The number of anilines is 5. The number of aromatic nitrogens is 4. The topological polar surface area (TPSA) is 129 Å². The van der Waals surface area contributed by atoms with Crippen molar-refractivity contribution in [3.63, 3.8) is 0 Å². The molecule has 0 spiro atoms. The summed E-state index contributed by atoms with van der Waals surface area (Å²) in [6.45, 7) is 3.08. The molecular formula is C33H36ClN9O3. The molecule has 0 aliphatic carbocycles. The van der Waals surface area contributed by atoms with Gasteiger partial charge < -0.3 is 20.0 Å². The Morgan fingerprint density at radius 1 is 1.09 bits per heavy atom. The highest BCUT2D eigenvalue weighted by Gasteiger charge is 2.33. The smallest absolute Gasteiger partial charge is 0.235 e. The summed E-state index contributed by atoms with van der Waals surface area (Å²) >= 11 is 6.51. The maximum atomic E-state index is 12.6. The molecule has 46 heavy (non-hydrogen) atoms. The lowest BCUT2D eigenvalue weighted by molar-refractivity contribution is -0.134. The normalized spacial score (nSPS) is 21.5. The van der Waals surface area contributed by atoms with Gasteiger partial charge in [0.2, 0.25) is 23.7 Å². The molecule has 2 aromatic carbocycles. The maximum Gasteiger partial charge on any atom is 0.235 e. The molecule has 2 N–H and O–H groups in total. The van der Waals surface area contributed by atoms with Gasteiger partial charge in [0.15, 0.2) is 5.82 Å². The van der Waals surface area contributed by atoms with Gasteiger partial charge in [-0.2, -0.15) is 10.1 Å². The molecule has 3 atom stereocenters. The van der Waals surface area contributed by atoms with E-state index in [1.807, 2.05) is 37.0 Å². The number of carbonyl (C=O) groups is 3. The van der Waals surface area contributed by atoms with E-state index in [1.165, 1.54) is 0 Å². The Morgan fingerprint density at radius 2 is 1.91 bits per heavy atom. The fourth-order valence-corrected chi connectivity index (χ4v) is 7.15. The minimum atomic E-state index is -0.427. The van der Waals surface area contributed by atoms with Crippen molar-refractivity contribution < 1.29 is 14.4 Å². The van der Waals surface area contributed by atoms with Gasteiger partial charge in [-0.25, -0.2) is 4.98 Å². The number of rotatable bonds is 6. The van der Waals surface area contributed by atoms with Crippen molar-refractivity contribution in [1.29, 1.82) is 0 Å². The molecule has 238 valence electrons. The van der Waals surface area contributed by atoms with Crippen LogP contribution in [0.25, 0.3) is 10.9 Å². The fourth-order valence-electron chi connectivity index (χ4n) is 7.01. The molecule has 7 rings (SSSR count). The molecule has 3 aliphatic heterocycles. The lowest BCUT2D eigenvalue weighted by Crippen LogP contribution is -2.48. The van der Waals surface area contributed by atoms with Crippen LogP contribution in [0.3, 0.4) is 0 Å². The molecule has 2 saturated heterocycles. The van der Waals surface area contributed by atoms with E-state index in [2.05, 4.69) is 50.5 Å². The predicted octanol–water partition coefficient (Wildman–Crippen LogP) is 4.29. The van der Waals surface area contributed by atoms with Gasteiger partial charge >= 0.3 is 0 Å². The minimum Gasteiger partial charge on any atom is -0.369 e. The Morgan fingerprint density at radius 3 is 2.70 bits per heavy atom. The van der Waals surface area contributed by atoms with E-state index >= 15 is 0 Å². The van der Waals surface area contributed by atoms with Gasteiger partial charge in [-0.05, 0) is 68.1 Å². The molecule has 3 aliphatic rings. The number of benzene rings is 2. The van der Waals surface area contributed by atoms with Gasteiger partial charge in [0.05, 0.1) is 29.7 Å². The van der Waals surface area contributed by atoms with Crippen molar-refractivity contribution in [1.82, 2.24) is 25.1 Å². The number of fused-ring (bicyclic) bond motifs is 2. The number of piperidine rings is 2. The highest BCUT2D eigenvalue weighted by atomic mass is 35.5. The fraction of sp³-hybridized carbons (Fsp3) is 0.394. The predicted molar refractivity (Wildman–Crippen MR) is 178 cm³/mol. The van der Waals surface area contributed by atoms with Crippen molar-refractivity contribution in [3.8, 4) is 0 Å². The number of imide groups is 1. The van der Waals surface area contributed by atoms with Gasteiger partial charge in [-0.15, -0.1) is 0 Å². The van der Waals surface area contributed by atoms with Crippen LogP contribution in [0, 0.1) is 0 Å². The quantitative estimate of drug-likeness (QED) is 0.296. The van der Waals surface area contributed by atoms with Crippen LogP contribution >= 0.6 is 11.6 Å². The van der Waals surface area contributed by atoms with E-state index in [1.54, 1.807) is 18.1 Å². The van der Waals surface area contributed by atoms with Crippen LogP contribution < -0.4 is 25.3 Å². The maximum absolute atomic E-state index is 12.6. The lowest BCUT2D eigenvalue weighted by Gasteiger charge is -2.42. The zero-order valence-electron chi connectivity index (χ0n) is 26.2. The van der Waals surface area contributed by atoms with Crippen LogP contribution in [0.4, 0.5) is 28.8 Å². The summed E-state index contributed by atoms with van der Waals surface area (Å²) in [6, 6.07) is 12.6. The summed E-state index contributed by atoms with van der Waals surface area (Å²) in [7, 11) is 5.71. The highest BCUT2D eigenvalue weighted by molar-refractivity contribution is 6.32. The first-order chi connectivity index (χ1) is 22.1. The average molecular weight is 642 g/mol. The van der Waals surface area contributed by atoms with Crippen molar-refractivity contribution in [2.45, 2.75) is 57.0 Å². The molecule has 0 bridgehead atoms. The second-order valence-electron chi connectivity index (χ2n) is 12.5. The summed E-state index contributed by atoms with van der Waals surface area (Å²) in [4.78, 5) is 51.9. The zero-order valence-corrected chi connectivity index (χ0v) is 27.0. The van der Waals surface area contributed by atoms with Crippen LogP contribution in [0.1, 0.15) is 49.8 Å². The van der Waals surface area contributed by atoms with Crippen molar-refractivity contribution in [2.24, 2.45) is 7.05 Å². The first-order valence-electron chi connectivity index (χ1n) is 15.6. The van der Waals surface area contributed by atoms with E-state index in [0.717, 1.165) is 58.6 Å². The van der Waals surface area contributed by atoms with Gasteiger partial charge in [0.25, 0.3) is 0 Å². The number of carbonyl (C=O) groups excluding carboxylic acids is 3. The van der Waals surface area contributed by atoms with E-state index in [4.69, 9.17) is 21.7 Å². The number of hydrogen-bond acceptors (Lipinski definition) is 9. The summed E-state index contributed by atoms with van der Waals surface area (Å²) in [5, 5.41) is 11.8. The molecular weight excluding hydrogens is 606 g/mol. The molecule has 0 radical (unpaired) electrons. The van der Waals surface area contributed by atoms with Crippen molar-refractivity contribution in [2.75, 3.05) is 40.7 Å². The van der Waals surface area contributed by atoms with E-state index < -0.39 is 5.92 Å². The zero-order chi connectivity index (χ0) is 32.3. The van der Waals surface area contributed by atoms with Crippen LogP contribution in [-0.4, -0.2) is 70.2 Å². The van der Waals surface area contributed by atoms with Gasteiger partial charge in [0, 0.05) is 68.6 Å². The standard InChI is InChI=1S/C33H36ClN9O3/c1-18-13-21(40(2)33-35-17-25(34)31(38-33)36-20-5-9-26-19(14-20)15-29(45)41(26)3)11-12-43(18)22-6-7-23-27(16-22)42(4)39-30(23)24-8-10-28(44)37-32(24)46/h5-7,9,14,16-18,21,24H,8,10-13,15H2,1-4H3,(H,35,36,38)(H,37,44,46)/t18-,21-,24?/m0/s1. The van der Waals surface area contributed by atoms with Crippen LogP contribution in [0.2, 0.25) is 5.02 Å². The SMILES string of the molecule is C[C@H]1C[C@@H](N(C)c2ncc(Cl)c(Nc3ccc4c(c3)CC(=O)N4C)n2)CCN1c1ccc2c(C3CCC(=O)NC3=O)nn(C)c2c1. The summed E-state index contributed by atoms with van der Waals surface area (Å²) in [5.74, 6) is 0.252. The summed E-state index contributed by atoms with van der Waals surface area (Å²) < 4.78 is 1.83. The van der Waals surface area contributed by atoms with Crippen molar-refractivity contribution >= 4 is 69.1 Å². The Bertz CT molecular complexity index is 1890.